The maximum Gasteiger partial charge on any atom is 0.148 e. The third-order valence-corrected chi connectivity index (χ3v) is 2.93. The molecule has 0 aliphatic rings. The van der Waals surface area contributed by atoms with E-state index in [4.69, 9.17) is 19.9 Å². The van der Waals surface area contributed by atoms with Crippen LogP contribution in [0.1, 0.15) is 11.4 Å². The first-order chi connectivity index (χ1) is 9.74. The van der Waals surface area contributed by atoms with Crippen molar-refractivity contribution in [3.8, 4) is 17.2 Å². The second-order valence-electron chi connectivity index (χ2n) is 4.07. The monoisotopic (exact) mass is 278 g/mol. The van der Waals surface area contributed by atoms with Gasteiger partial charge in [-0.2, -0.15) is 0 Å². The van der Waals surface area contributed by atoms with E-state index >= 15 is 0 Å². The lowest BCUT2D eigenvalue weighted by molar-refractivity contribution is 0.178. The van der Waals surface area contributed by atoms with Crippen LogP contribution in [0, 0.1) is 0 Å². The first kappa shape index (κ1) is 14.3. The maximum atomic E-state index is 5.67. The highest BCUT2D eigenvalue weighted by Crippen LogP contribution is 2.28. The van der Waals surface area contributed by atoms with E-state index in [1.54, 1.807) is 32.1 Å². The first-order valence-corrected chi connectivity index (χ1v) is 6.10. The van der Waals surface area contributed by atoms with E-state index in [0.29, 0.717) is 30.3 Å². The average Bonchev–Trinajstić information content (AvgIpc) is 2.89. The van der Waals surface area contributed by atoms with E-state index in [-0.39, 0.29) is 0 Å². The van der Waals surface area contributed by atoms with Crippen LogP contribution in [0.4, 0.5) is 0 Å². The largest absolute Gasteiger partial charge is 0.497 e. The molecule has 7 heteroatoms. The van der Waals surface area contributed by atoms with Crippen LogP contribution >= 0.6 is 0 Å². The van der Waals surface area contributed by atoms with Crippen molar-refractivity contribution in [2.75, 3.05) is 21.3 Å². The summed E-state index contributed by atoms with van der Waals surface area (Å²) in [6.07, 6.45) is 0. The Labute approximate surface area is 117 Å². The predicted octanol–water partition coefficient (Wildman–Crippen LogP) is 0.890. The summed E-state index contributed by atoms with van der Waals surface area (Å²) in [6.45, 7) is 0.673. The molecule has 0 atom stereocenters. The Bertz CT molecular complexity index is 583. The van der Waals surface area contributed by atoms with E-state index < -0.39 is 0 Å². The second kappa shape index (κ2) is 6.36. The van der Waals surface area contributed by atoms with Crippen molar-refractivity contribution in [2.24, 2.45) is 5.73 Å². The summed E-state index contributed by atoms with van der Waals surface area (Å²) in [7, 11) is 4.81. The maximum absolute atomic E-state index is 5.67. The highest BCUT2D eigenvalue weighted by molar-refractivity contribution is 5.51. The highest BCUT2D eigenvalue weighted by Gasteiger charge is 2.16. The Morgan fingerprint density at radius 3 is 2.60 bits per heavy atom. The predicted molar refractivity (Wildman–Crippen MR) is 73.1 cm³/mol. The molecular weight excluding hydrogens is 260 g/mol. The van der Waals surface area contributed by atoms with Crippen molar-refractivity contribution in [2.45, 2.75) is 13.2 Å². The van der Waals surface area contributed by atoms with Crippen molar-refractivity contribution < 1.29 is 14.2 Å². The molecule has 0 aliphatic heterocycles. The number of ether oxygens (including phenoxy) is 3. The van der Waals surface area contributed by atoms with E-state index in [2.05, 4.69) is 10.3 Å². The molecule has 0 bridgehead atoms. The molecule has 0 saturated carbocycles. The number of nitrogens with zero attached hydrogens (tertiary/aromatic N) is 3. The van der Waals surface area contributed by atoms with Gasteiger partial charge < -0.3 is 19.9 Å². The van der Waals surface area contributed by atoms with Crippen molar-refractivity contribution in [3.63, 3.8) is 0 Å². The summed E-state index contributed by atoms with van der Waals surface area (Å²) in [6, 6.07) is 5.47. The molecule has 1 aromatic carbocycles. The van der Waals surface area contributed by atoms with Gasteiger partial charge in [-0.15, -0.1) is 5.10 Å². The Kier molecular flexibility index (Phi) is 4.54. The van der Waals surface area contributed by atoms with Crippen LogP contribution in [0.5, 0.6) is 11.5 Å². The molecule has 0 fully saturated rings. The summed E-state index contributed by atoms with van der Waals surface area (Å²) in [5.41, 5.74) is 7.93. The van der Waals surface area contributed by atoms with Crippen molar-refractivity contribution >= 4 is 0 Å². The third-order valence-electron chi connectivity index (χ3n) is 2.93. The zero-order valence-corrected chi connectivity index (χ0v) is 11.8. The van der Waals surface area contributed by atoms with Crippen molar-refractivity contribution in [3.05, 3.63) is 29.6 Å². The molecule has 0 unspecified atom stereocenters. The van der Waals surface area contributed by atoms with Gasteiger partial charge in [-0.05, 0) is 12.1 Å². The molecule has 1 heterocycles. The minimum absolute atomic E-state index is 0.303. The molecule has 2 N–H and O–H groups in total. The van der Waals surface area contributed by atoms with Crippen LogP contribution in [0.3, 0.4) is 0 Å². The van der Waals surface area contributed by atoms with Crippen LogP contribution in [-0.2, 0) is 17.9 Å². The molecule has 0 radical (unpaired) electrons. The standard InChI is InChI=1S/C13H18N4O3/c1-18-8-12-10(7-14)15-16-17(12)11-5-4-9(19-2)6-13(11)20-3/h4-6H,7-8,14H2,1-3H3. The van der Waals surface area contributed by atoms with Crippen molar-refractivity contribution in [1.29, 1.82) is 0 Å². The number of aromatic nitrogens is 3. The zero-order chi connectivity index (χ0) is 14.5. The van der Waals surface area contributed by atoms with Gasteiger partial charge in [-0.1, -0.05) is 5.21 Å². The molecule has 0 spiro atoms. The number of benzene rings is 1. The summed E-state index contributed by atoms with van der Waals surface area (Å²) in [5.74, 6) is 1.34. The first-order valence-electron chi connectivity index (χ1n) is 6.10. The number of rotatable bonds is 6. The molecule has 1 aromatic heterocycles. The molecule has 0 saturated heterocycles. The summed E-state index contributed by atoms with van der Waals surface area (Å²) >= 11 is 0. The molecule has 2 aromatic rings. The summed E-state index contributed by atoms with van der Waals surface area (Å²) < 4.78 is 17.4. The Morgan fingerprint density at radius 1 is 1.20 bits per heavy atom. The van der Waals surface area contributed by atoms with E-state index in [0.717, 1.165) is 11.4 Å². The number of hydrogen-bond acceptors (Lipinski definition) is 6. The quantitative estimate of drug-likeness (QED) is 0.844. The topological polar surface area (TPSA) is 84.4 Å². The number of hydrogen-bond donors (Lipinski definition) is 1. The van der Waals surface area contributed by atoms with Gasteiger partial charge in [0.1, 0.15) is 22.9 Å². The second-order valence-corrected chi connectivity index (χ2v) is 4.07. The Hall–Kier alpha value is -2.12. The summed E-state index contributed by atoms with van der Waals surface area (Å²) in [4.78, 5) is 0. The molecular formula is C13H18N4O3. The minimum Gasteiger partial charge on any atom is -0.497 e. The van der Waals surface area contributed by atoms with Gasteiger partial charge >= 0.3 is 0 Å². The smallest absolute Gasteiger partial charge is 0.148 e. The van der Waals surface area contributed by atoms with Crippen LogP contribution < -0.4 is 15.2 Å². The third kappa shape index (κ3) is 2.59. The van der Waals surface area contributed by atoms with Gasteiger partial charge in [0.25, 0.3) is 0 Å². The Morgan fingerprint density at radius 2 is 2.00 bits per heavy atom. The fourth-order valence-electron chi connectivity index (χ4n) is 1.93. The lowest BCUT2D eigenvalue weighted by atomic mass is 10.2. The van der Waals surface area contributed by atoms with Crippen molar-refractivity contribution in [1.82, 2.24) is 15.0 Å². The zero-order valence-electron chi connectivity index (χ0n) is 11.8. The molecule has 0 amide bonds. The average molecular weight is 278 g/mol. The number of nitrogens with two attached hydrogens (primary N) is 1. The molecule has 2 rings (SSSR count). The SMILES string of the molecule is COCc1c(CN)nnn1-c1ccc(OC)cc1OC. The van der Waals surface area contributed by atoms with Gasteiger partial charge in [-0.25, -0.2) is 4.68 Å². The van der Waals surface area contributed by atoms with E-state index in [1.807, 2.05) is 12.1 Å². The fourth-order valence-corrected chi connectivity index (χ4v) is 1.93. The van der Waals surface area contributed by atoms with Gasteiger partial charge in [0.15, 0.2) is 0 Å². The van der Waals surface area contributed by atoms with E-state index in [1.165, 1.54) is 0 Å². The lowest BCUT2D eigenvalue weighted by Crippen LogP contribution is -2.08. The van der Waals surface area contributed by atoms with Gasteiger partial charge in [0, 0.05) is 19.7 Å². The molecule has 108 valence electrons. The molecule has 0 aliphatic carbocycles. The van der Waals surface area contributed by atoms with Crippen LogP contribution in [0.15, 0.2) is 18.2 Å². The fraction of sp³-hybridized carbons (Fsp3) is 0.385. The highest BCUT2D eigenvalue weighted by atomic mass is 16.5. The normalized spacial score (nSPS) is 10.6. The molecule has 7 nitrogen and oxygen atoms in total. The van der Waals surface area contributed by atoms with Crippen LogP contribution in [0.25, 0.3) is 5.69 Å². The van der Waals surface area contributed by atoms with Crippen LogP contribution in [0.2, 0.25) is 0 Å². The Balaban J connectivity index is 2.53. The van der Waals surface area contributed by atoms with Gasteiger partial charge in [-0.3, -0.25) is 0 Å². The van der Waals surface area contributed by atoms with Gasteiger partial charge in [0.2, 0.25) is 0 Å². The minimum atomic E-state index is 0.303. The van der Waals surface area contributed by atoms with Gasteiger partial charge in [0.05, 0.1) is 26.5 Å². The number of methoxy groups -OCH3 is 3. The van der Waals surface area contributed by atoms with Crippen LogP contribution in [-0.4, -0.2) is 36.3 Å². The lowest BCUT2D eigenvalue weighted by Gasteiger charge is -2.12. The van der Waals surface area contributed by atoms with E-state index in [9.17, 15) is 0 Å². The molecule has 20 heavy (non-hydrogen) atoms. The summed E-state index contributed by atoms with van der Waals surface area (Å²) in [5, 5.41) is 8.19.